The third-order valence-corrected chi connectivity index (χ3v) is 19.1. The zero-order valence-electron chi connectivity index (χ0n) is 31.2. The Kier molecular flexibility index (Phi) is 12.8. The van der Waals surface area contributed by atoms with Crippen molar-refractivity contribution in [1.29, 1.82) is 0 Å². The molecule has 9 heteroatoms. The molecule has 4 aromatic rings. The Morgan fingerprint density at radius 1 is 0.642 bits per heavy atom. The first-order valence-corrected chi connectivity index (χ1v) is 21.4. The molecule has 1 unspecified atom stereocenters. The monoisotopic (exact) mass is 846 g/mol. The molecular formula is C44H44Cl2F6Zr. The van der Waals surface area contributed by atoms with E-state index < -0.39 is 44.7 Å². The quantitative estimate of drug-likeness (QED) is 0.180. The summed E-state index contributed by atoms with van der Waals surface area (Å²) < 4.78 is 88.1. The molecule has 2 aliphatic rings. The van der Waals surface area contributed by atoms with Gasteiger partial charge in [-0.3, -0.25) is 0 Å². The molecule has 53 heavy (non-hydrogen) atoms. The van der Waals surface area contributed by atoms with Crippen LogP contribution in [-0.4, -0.2) is 3.21 Å². The van der Waals surface area contributed by atoms with Crippen molar-refractivity contribution in [2.75, 3.05) is 0 Å². The van der Waals surface area contributed by atoms with Crippen LogP contribution in [0.15, 0.2) is 93.8 Å². The summed E-state index contributed by atoms with van der Waals surface area (Å²) in [6, 6.07) is 19.5. The van der Waals surface area contributed by atoms with Gasteiger partial charge in [-0.25, -0.2) is 0 Å². The van der Waals surface area contributed by atoms with Gasteiger partial charge in [-0.15, -0.1) is 0 Å². The molecule has 0 fully saturated rings. The molecule has 0 bridgehead atoms. The Morgan fingerprint density at radius 3 is 1.47 bits per heavy atom. The van der Waals surface area contributed by atoms with Crippen molar-refractivity contribution < 1.29 is 72.4 Å². The van der Waals surface area contributed by atoms with Crippen LogP contribution in [0.4, 0.5) is 26.3 Å². The molecule has 1 atom stereocenters. The first-order valence-electron chi connectivity index (χ1n) is 17.6. The number of fused-ring (bicyclic) bond motifs is 3. The van der Waals surface area contributed by atoms with Gasteiger partial charge in [0.25, 0.3) is 0 Å². The van der Waals surface area contributed by atoms with Crippen molar-refractivity contribution in [1.82, 2.24) is 0 Å². The summed E-state index contributed by atoms with van der Waals surface area (Å²) >= 11 is -3.74. The molecule has 0 heterocycles. The minimum absolute atomic E-state index is 0. The van der Waals surface area contributed by atoms with Crippen LogP contribution < -0.4 is 24.8 Å². The van der Waals surface area contributed by atoms with Crippen molar-refractivity contribution in [3.05, 3.63) is 149 Å². The molecule has 0 aliphatic heterocycles. The molecule has 2 aliphatic carbocycles. The number of halogens is 8. The van der Waals surface area contributed by atoms with E-state index in [4.69, 9.17) is 0 Å². The minimum Gasteiger partial charge on any atom is -1.00 e. The average molecular weight is 849 g/mol. The van der Waals surface area contributed by atoms with E-state index in [-0.39, 0.29) is 39.8 Å². The van der Waals surface area contributed by atoms with Crippen molar-refractivity contribution >= 4 is 3.21 Å². The fourth-order valence-electron chi connectivity index (χ4n) is 7.66. The van der Waals surface area contributed by atoms with E-state index in [9.17, 15) is 26.3 Å². The predicted octanol–water partition coefficient (Wildman–Crippen LogP) is 7.21. The summed E-state index contributed by atoms with van der Waals surface area (Å²) in [5.41, 5.74) is 9.05. The standard InChI is InChI=1S/C17H17.C15H8F6.C12H19.2ClH.Zr/c1-10-5-14-9-15-6-11(2)13(4)8-17(15)16(14)7-12(10)3;16-14(17,18)12-5-1-3-10(8-12)7-11-4-2-6-13(9-11)15(19,20)21;1-5-6-10-7-8-11(9-10)12(2,3)4;;;/h5-9H,1-4H3;1-6,8-9H;8-10H,5-6H2,1-4H3;2*1H;/q;;;;;+2/p-2. The fourth-order valence-corrected chi connectivity index (χ4v) is 17.2. The number of alkyl halides is 6. The van der Waals surface area contributed by atoms with Crippen LogP contribution in [0.1, 0.15) is 99.8 Å². The minimum atomic E-state index is -4.62. The molecule has 0 saturated carbocycles. The molecular weight excluding hydrogens is 805 g/mol. The van der Waals surface area contributed by atoms with Gasteiger partial charge in [0, 0.05) is 0 Å². The number of hydrogen-bond acceptors (Lipinski definition) is 0. The van der Waals surface area contributed by atoms with Gasteiger partial charge in [0.15, 0.2) is 0 Å². The summed E-state index contributed by atoms with van der Waals surface area (Å²) in [4.78, 5) is 0. The molecule has 0 saturated heterocycles. The molecule has 6 rings (SSSR count). The van der Waals surface area contributed by atoms with Gasteiger partial charge < -0.3 is 24.8 Å². The van der Waals surface area contributed by atoms with E-state index >= 15 is 0 Å². The number of hydrogen-bond donors (Lipinski definition) is 0. The van der Waals surface area contributed by atoms with Crippen molar-refractivity contribution in [3.63, 3.8) is 0 Å². The first-order chi connectivity index (χ1) is 23.8. The fraction of sp³-hybridized carbons (Fsp3) is 0.341. The second-order valence-corrected chi connectivity index (χ2v) is 21.4. The van der Waals surface area contributed by atoms with Gasteiger partial charge >= 0.3 is 307 Å². The molecule has 0 amide bonds. The predicted molar refractivity (Wildman–Crippen MR) is 193 cm³/mol. The topological polar surface area (TPSA) is 0 Å². The van der Waals surface area contributed by atoms with Crippen LogP contribution in [-0.2, 0) is 33.6 Å². The maximum atomic E-state index is 14.4. The molecule has 0 radical (unpaired) electrons. The summed E-state index contributed by atoms with van der Waals surface area (Å²) in [6.07, 6.45) is -2.88. The number of rotatable bonds is 6. The van der Waals surface area contributed by atoms with Crippen LogP contribution in [0.25, 0.3) is 11.1 Å². The molecule has 0 nitrogen and oxygen atoms in total. The van der Waals surface area contributed by atoms with Crippen LogP contribution >= 0.6 is 0 Å². The Balaban J connectivity index is 0.00000314. The zero-order chi connectivity index (χ0) is 37.2. The molecule has 4 aromatic carbocycles. The van der Waals surface area contributed by atoms with E-state index in [2.05, 4.69) is 91.8 Å². The molecule has 0 spiro atoms. The summed E-state index contributed by atoms with van der Waals surface area (Å²) in [7, 11) is 0. The normalized spacial score (nSPS) is 15.4. The van der Waals surface area contributed by atoms with Crippen LogP contribution in [0, 0.1) is 39.0 Å². The van der Waals surface area contributed by atoms with Gasteiger partial charge in [0.1, 0.15) is 0 Å². The Labute approximate surface area is 329 Å². The van der Waals surface area contributed by atoms with Crippen molar-refractivity contribution in [2.24, 2.45) is 11.3 Å². The van der Waals surface area contributed by atoms with Crippen LogP contribution in [0.5, 0.6) is 0 Å². The SMILES string of the molecule is CCCC1C=C(C(C)(C)C)C=[C]1[Zr+2](=[C](c1cccc(C(F)(F)F)c1)c1cccc(C(F)(F)F)c1)[CH]1c2cc(C)c(C)cc2-c2cc(C)c(C)cc21.[Cl-].[Cl-]. The largest absolute Gasteiger partial charge is 1.00 e. The van der Waals surface area contributed by atoms with Gasteiger partial charge in [0.2, 0.25) is 0 Å². The second kappa shape index (κ2) is 15.8. The molecule has 280 valence electrons. The Hall–Kier alpha value is -2.73. The zero-order valence-corrected chi connectivity index (χ0v) is 35.1. The van der Waals surface area contributed by atoms with Crippen molar-refractivity contribution in [2.45, 2.75) is 84.2 Å². The van der Waals surface area contributed by atoms with E-state index in [1.54, 1.807) is 12.1 Å². The summed E-state index contributed by atoms with van der Waals surface area (Å²) in [6.45, 7) is 16.9. The van der Waals surface area contributed by atoms with Gasteiger partial charge in [0.05, 0.1) is 0 Å². The third-order valence-electron chi connectivity index (χ3n) is 10.6. The maximum Gasteiger partial charge on any atom is -1.00 e. The number of allylic oxidation sites excluding steroid dienone is 4. The van der Waals surface area contributed by atoms with E-state index in [1.807, 2.05) is 0 Å². The van der Waals surface area contributed by atoms with Crippen LogP contribution in [0.2, 0.25) is 0 Å². The van der Waals surface area contributed by atoms with E-state index in [0.29, 0.717) is 14.3 Å². The summed E-state index contributed by atoms with van der Waals surface area (Å²) in [5.74, 6) is 0.0378. The van der Waals surface area contributed by atoms with Gasteiger partial charge in [-0.2, -0.15) is 0 Å². The Morgan fingerprint density at radius 2 is 1.08 bits per heavy atom. The van der Waals surface area contributed by atoms with E-state index in [0.717, 1.165) is 81.6 Å². The smallest absolute Gasteiger partial charge is 1.00 e. The van der Waals surface area contributed by atoms with Crippen molar-refractivity contribution in [3.8, 4) is 11.1 Å². The van der Waals surface area contributed by atoms with Gasteiger partial charge in [-0.1, -0.05) is 0 Å². The first kappa shape index (κ1) is 43.0. The third kappa shape index (κ3) is 8.43. The Bertz CT molecular complexity index is 2010. The molecule has 0 aromatic heterocycles. The second-order valence-electron chi connectivity index (χ2n) is 15.3. The molecule has 0 N–H and O–H groups in total. The average Bonchev–Trinajstić information content (AvgIpc) is 3.59. The van der Waals surface area contributed by atoms with Gasteiger partial charge in [-0.05, 0) is 0 Å². The van der Waals surface area contributed by atoms with Crippen LogP contribution in [0.3, 0.4) is 0 Å². The summed E-state index contributed by atoms with van der Waals surface area (Å²) in [5, 5.41) is 0. The van der Waals surface area contributed by atoms with E-state index in [1.165, 1.54) is 21.0 Å². The number of benzene rings is 4. The number of aryl methyl sites for hydroxylation is 4. The maximum absolute atomic E-state index is 14.4.